The molecule has 2 rings (SSSR count). The van der Waals surface area contributed by atoms with Gasteiger partial charge in [-0.3, -0.25) is 9.59 Å². The molecule has 0 fully saturated rings. The van der Waals surface area contributed by atoms with Gasteiger partial charge in [0.1, 0.15) is 0 Å². The smallest absolute Gasteiger partial charge is 0.251 e. The average molecular weight is 360 g/mol. The molecule has 132 valence electrons. The van der Waals surface area contributed by atoms with Crippen LogP contribution in [0.2, 0.25) is 5.02 Å². The highest BCUT2D eigenvalue weighted by molar-refractivity contribution is 6.30. The van der Waals surface area contributed by atoms with E-state index in [4.69, 9.17) is 11.6 Å². The van der Waals surface area contributed by atoms with Gasteiger partial charge in [-0.2, -0.15) is 0 Å². The molecular weight excluding hydrogens is 338 g/mol. The van der Waals surface area contributed by atoms with Crippen LogP contribution in [-0.4, -0.2) is 43.9 Å². The summed E-state index contributed by atoms with van der Waals surface area (Å²) in [6.45, 7) is 1.77. The van der Waals surface area contributed by atoms with E-state index >= 15 is 0 Å². The highest BCUT2D eigenvalue weighted by atomic mass is 35.5. The number of nitrogens with zero attached hydrogens (tertiary/aromatic N) is 1. The molecule has 2 aromatic carbocycles. The van der Waals surface area contributed by atoms with Gasteiger partial charge in [0.2, 0.25) is 0 Å². The molecule has 0 atom stereocenters. The van der Waals surface area contributed by atoms with Crippen molar-refractivity contribution in [3.8, 4) is 0 Å². The van der Waals surface area contributed by atoms with E-state index in [1.807, 2.05) is 31.1 Å². The van der Waals surface area contributed by atoms with Crippen LogP contribution in [0.1, 0.15) is 26.3 Å². The summed E-state index contributed by atoms with van der Waals surface area (Å²) in [4.78, 5) is 26.2. The third-order valence-corrected chi connectivity index (χ3v) is 3.87. The van der Waals surface area contributed by atoms with Crippen molar-refractivity contribution in [2.75, 3.05) is 27.2 Å². The van der Waals surface area contributed by atoms with E-state index in [1.54, 1.807) is 36.4 Å². The van der Waals surface area contributed by atoms with Crippen LogP contribution in [0.5, 0.6) is 0 Å². The monoisotopic (exact) mass is 359 g/mol. The molecule has 0 aliphatic rings. The first-order valence-electron chi connectivity index (χ1n) is 8.01. The Morgan fingerprint density at radius 3 is 1.92 bits per heavy atom. The molecule has 2 aromatic rings. The summed E-state index contributed by atoms with van der Waals surface area (Å²) in [7, 11) is 3.90. The summed E-state index contributed by atoms with van der Waals surface area (Å²) in [6, 6.07) is 13.9. The van der Waals surface area contributed by atoms with Gasteiger partial charge < -0.3 is 15.5 Å². The van der Waals surface area contributed by atoms with Gasteiger partial charge in [-0.15, -0.1) is 0 Å². The predicted molar refractivity (Wildman–Crippen MR) is 100.0 cm³/mol. The highest BCUT2D eigenvalue weighted by Gasteiger charge is 2.08. The topological polar surface area (TPSA) is 61.4 Å². The fourth-order valence-corrected chi connectivity index (χ4v) is 2.28. The Kier molecular flexibility index (Phi) is 6.98. The van der Waals surface area contributed by atoms with Crippen LogP contribution < -0.4 is 10.6 Å². The lowest BCUT2D eigenvalue weighted by molar-refractivity contribution is 0.0939. The van der Waals surface area contributed by atoms with Crippen molar-refractivity contribution >= 4 is 23.4 Å². The van der Waals surface area contributed by atoms with Gasteiger partial charge >= 0.3 is 0 Å². The largest absolute Gasteiger partial charge is 0.351 e. The number of hydrogen-bond donors (Lipinski definition) is 2. The summed E-state index contributed by atoms with van der Waals surface area (Å²) in [6.07, 6.45) is 0. The number of rotatable bonds is 7. The van der Waals surface area contributed by atoms with Gasteiger partial charge in [-0.05, 0) is 56.1 Å². The summed E-state index contributed by atoms with van der Waals surface area (Å²) in [5.41, 5.74) is 2.02. The van der Waals surface area contributed by atoms with E-state index in [9.17, 15) is 9.59 Å². The first-order valence-corrected chi connectivity index (χ1v) is 8.39. The number of carbonyl (C=O) groups excluding carboxylic acids is 2. The van der Waals surface area contributed by atoms with Crippen molar-refractivity contribution in [2.24, 2.45) is 0 Å². The molecule has 25 heavy (non-hydrogen) atoms. The first kappa shape index (κ1) is 19.0. The van der Waals surface area contributed by atoms with Crippen LogP contribution in [0.4, 0.5) is 0 Å². The van der Waals surface area contributed by atoms with E-state index in [2.05, 4.69) is 10.6 Å². The van der Waals surface area contributed by atoms with Crippen LogP contribution in [0, 0.1) is 0 Å². The van der Waals surface area contributed by atoms with Gasteiger partial charge in [-0.1, -0.05) is 23.7 Å². The number of benzene rings is 2. The Morgan fingerprint density at radius 1 is 0.880 bits per heavy atom. The molecule has 0 saturated heterocycles. The number of hydrogen-bond acceptors (Lipinski definition) is 3. The summed E-state index contributed by atoms with van der Waals surface area (Å²) >= 11 is 5.84. The summed E-state index contributed by atoms with van der Waals surface area (Å²) < 4.78 is 0. The second-order valence-electron chi connectivity index (χ2n) is 5.95. The van der Waals surface area contributed by atoms with Crippen LogP contribution in [0.15, 0.2) is 48.5 Å². The molecule has 2 N–H and O–H groups in total. The molecule has 0 aliphatic heterocycles. The quantitative estimate of drug-likeness (QED) is 0.798. The lowest BCUT2D eigenvalue weighted by atomic mass is 10.1. The molecule has 0 aromatic heterocycles. The van der Waals surface area contributed by atoms with Crippen molar-refractivity contribution in [1.29, 1.82) is 0 Å². The third kappa shape index (κ3) is 6.21. The maximum Gasteiger partial charge on any atom is 0.251 e. The van der Waals surface area contributed by atoms with Crippen molar-refractivity contribution in [3.63, 3.8) is 0 Å². The zero-order valence-corrected chi connectivity index (χ0v) is 15.1. The number of amides is 2. The Hall–Kier alpha value is -2.37. The second-order valence-corrected chi connectivity index (χ2v) is 6.38. The maximum absolute atomic E-state index is 12.2. The predicted octanol–water partition coefficient (Wildman–Crippen LogP) is 2.56. The van der Waals surface area contributed by atoms with Crippen molar-refractivity contribution in [1.82, 2.24) is 15.5 Å². The molecule has 0 spiro atoms. The van der Waals surface area contributed by atoms with E-state index in [1.165, 1.54) is 0 Å². The maximum atomic E-state index is 12.2. The van der Waals surface area contributed by atoms with Crippen LogP contribution >= 0.6 is 11.6 Å². The van der Waals surface area contributed by atoms with Gasteiger partial charge in [0.15, 0.2) is 0 Å². The Morgan fingerprint density at radius 2 is 1.40 bits per heavy atom. The zero-order chi connectivity index (χ0) is 18.2. The molecule has 0 unspecified atom stereocenters. The minimum Gasteiger partial charge on any atom is -0.351 e. The van der Waals surface area contributed by atoms with Gasteiger partial charge in [0.25, 0.3) is 11.8 Å². The summed E-state index contributed by atoms with van der Waals surface area (Å²) in [5, 5.41) is 6.34. The minimum absolute atomic E-state index is 0.144. The Balaban J connectivity index is 1.86. The third-order valence-electron chi connectivity index (χ3n) is 3.62. The summed E-state index contributed by atoms with van der Waals surface area (Å²) in [5.74, 6) is -0.329. The highest BCUT2D eigenvalue weighted by Crippen LogP contribution is 2.10. The molecule has 6 heteroatoms. The van der Waals surface area contributed by atoms with E-state index < -0.39 is 0 Å². The van der Waals surface area contributed by atoms with Crippen molar-refractivity contribution in [3.05, 3.63) is 70.2 Å². The SMILES string of the molecule is CN(C)CCNC(=O)c1ccc(C(=O)NCc2ccc(Cl)cc2)cc1. The fourth-order valence-electron chi connectivity index (χ4n) is 2.15. The molecule has 0 aliphatic carbocycles. The molecule has 0 saturated carbocycles. The molecular formula is C19H22ClN3O2. The van der Waals surface area contributed by atoms with Crippen LogP contribution in [-0.2, 0) is 6.54 Å². The van der Waals surface area contributed by atoms with E-state index in [0.29, 0.717) is 29.2 Å². The van der Waals surface area contributed by atoms with Gasteiger partial charge in [-0.25, -0.2) is 0 Å². The average Bonchev–Trinajstić information content (AvgIpc) is 2.60. The molecule has 5 nitrogen and oxygen atoms in total. The van der Waals surface area contributed by atoms with Crippen LogP contribution in [0.25, 0.3) is 0 Å². The molecule has 0 heterocycles. The molecule has 0 bridgehead atoms. The first-order chi connectivity index (χ1) is 12.0. The lowest BCUT2D eigenvalue weighted by Gasteiger charge is -2.10. The number of nitrogens with one attached hydrogen (secondary N) is 2. The van der Waals surface area contributed by atoms with E-state index in [-0.39, 0.29) is 11.8 Å². The number of likely N-dealkylation sites (N-methyl/N-ethyl adjacent to an activating group) is 1. The van der Waals surface area contributed by atoms with Gasteiger partial charge in [0, 0.05) is 35.8 Å². The normalized spacial score (nSPS) is 10.6. The van der Waals surface area contributed by atoms with Gasteiger partial charge in [0.05, 0.1) is 0 Å². The van der Waals surface area contributed by atoms with Crippen LogP contribution in [0.3, 0.4) is 0 Å². The second kappa shape index (κ2) is 9.20. The lowest BCUT2D eigenvalue weighted by Crippen LogP contribution is -2.31. The Bertz CT molecular complexity index is 712. The number of halogens is 1. The van der Waals surface area contributed by atoms with Crippen molar-refractivity contribution in [2.45, 2.75) is 6.54 Å². The standard InChI is InChI=1S/C19H22ClN3O2/c1-23(2)12-11-21-18(24)15-5-7-16(8-6-15)19(25)22-13-14-3-9-17(20)10-4-14/h3-10H,11-13H2,1-2H3,(H,21,24)(H,22,25). The molecule has 0 radical (unpaired) electrons. The fraction of sp³-hybridized carbons (Fsp3) is 0.263. The van der Waals surface area contributed by atoms with Crippen molar-refractivity contribution < 1.29 is 9.59 Å². The van der Waals surface area contributed by atoms with E-state index in [0.717, 1.165) is 12.1 Å². The molecule has 2 amide bonds. The number of carbonyl (C=O) groups is 2. The minimum atomic E-state index is -0.186. The zero-order valence-electron chi connectivity index (χ0n) is 14.4. The Labute approximate surface area is 153 Å².